The lowest BCUT2D eigenvalue weighted by Gasteiger charge is -2.47. The SMILES string of the molecule is c1nc2ccc(NC3CCOC4(CCC4)C3)cc2s1. The van der Waals surface area contributed by atoms with Gasteiger partial charge in [0.15, 0.2) is 0 Å². The first-order valence-corrected chi connectivity index (χ1v) is 7.95. The van der Waals surface area contributed by atoms with Crippen LogP contribution in [0.25, 0.3) is 10.2 Å². The minimum absolute atomic E-state index is 0.213. The number of ether oxygens (including phenoxy) is 1. The number of anilines is 1. The van der Waals surface area contributed by atoms with Crippen LogP contribution in [-0.2, 0) is 4.74 Å². The molecule has 19 heavy (non-hydrogen) atoms. The topological polar surface area (TPSA) is 34.2 Å². The van der Waals surface area contributed by atoms with Gasteiger partial charge in [-0.1, -0.05) is 0 Å². The lowest BCUT2D eigenvalue weighted by Crippen LogP contribution is -2.48. The van der Waals surface area contributed by atoms with Crippen molar-refractivity contribution in [3.63, 3.8) is 0 Å². The Morgan fingerprint density at radius 2 is 2.32 bits per heavy atom. The molecule has 1 unspecified atom stereocenters. The van der Waals surface area contributed by atoms with E-state index in [-0.39, 0.29) is 5.60 Å². The molecule has 0 bridgehead atoms. The zero-order valence-electron chi connectivity index (χ0n) is 10.9. The van der Waals surface area contributed by atoms with Crippen LogP contribution in [0, 0.1) is 0 Å². The number of rotatable bonds is 2. The average Bonchev–Trinajstić information content (AvgIpc) is 2.85. The van der Waals surface area contributed by atoms with Gasteiger partial charge in [0.2, 0.25) is 0 Å². The second-order valence-corrected chi connectivity index (χ2v) is 6.64. The van der Waals surface area contributed by atoms with Gasteiger partial charge in [-0.3, -0.25) is 0 Å². The third-order valence-corrected chi connectivity index (χ3v) is 5.25. The molecule has 1 aliphatic carbocycles. The molecule has 1 spiro atoms. The van der Waals surface area contributed by atoms with E-state index in [1.807, 2.05) is 5.51 Å². The van der Waals surface area contributed by atoms with Gasteiger partial charge in [-0.15, -0.1) is 11.3 Å². The van der Waals surface area contributed by atoms with Crippen molar-refractivity contribution in [2.24, 2.45) is 0 Å². The van der Waals surface area contributed by atoms with E-state index in [4.69, 9.17) is 4.74 Å². The Morgan fingerprint density at radius 1 is 1.37 bits per heavy atom. The molecule has 2 aromatic rings. The van der Waals surface area contributed by atoms with Crippen LogP contribution in [-0.4, -0.2) is 23.2 Å². The van der Waals surface area contributed by atoms with Gasteiger partial charge in [0.25, 0.3) is 0 Å². The highest BCUT2D eigenvalue weighted by molar-refractivity contribution is 7.16. The molecular formula is C15H18N2OS. The molecule has 2 heterocycles. The lowest BCUT2D eigenvalue weighted by molar-refractivity contribution is -0.130. The number of nitrogens with one attached hydrogen (secondary N) is 1. The number of hydrogen-bond acceptors (Lipinski definition) is 4. The Hall–Kier alpha value is -1.13. The summed E-state index contributed by atoms with van der Waals surface area (Å²) >= 11 is 1.70. The van der Waals surface area contributed by atoms with Crippen molar-refractivity contribution in [1.82, 2.24) is 4.98 Å². The Bertz CT molecular complexity index is 591. The van der Waals surface area contributed by atoms with Crippen molar-refractivity contribution in [2.75, 3.05) is 11.9 Å². The molecule has 1 N–H and O–H groups in total. The van der Waals surface area contributed by atoms with Crippen molar-refractivity contribution in [3.8, 4) is 0 Å². The Balaban J connectivity index is 1.50. The van der Waals surface area contributed by atoms with Gasteiger partial charge in [0.05, 0.1) is 21.3 Å². The monoisotopic (exact) mass is 274 g/mol. The first-order valence-electron chi connectivity index (χ1n) is 7.07. The molecule has 1 saturated heterocycles. The van der Waals surface area contributed by atoms with Crippen LogP contribution in [0.3, 0.4) is 0 Å². The van der Waals surface area contributed by atoms with Crippen LogP contribution in [0.2, 0.25) is 0 Å². The summed E-state index contributed by atoms with van der Waals surface area (Å²) < 4.78 is 7.24. The number of nitrogens with zero attached hydrogens (tertiary/aromatic N) is 1. The van der Waals surface area contributed by atoms with E-state index in [1.165, 1.54) is 29.6 Å². The number of fused-ring (bicyclic) bond motifs is 1. The maximum Gasteiger partial charge on any atom is 0.0813 e. The molecule has 2 aliphatic rings. The Morgan fingerprint density at radius 3 is 3.16 bits per heavy atom. The van der Waals surface area contributed by atoms with Gasteiger partial charge in [-0.05, 0) is 50.3 Å². The summed E-state index contributed by atoms with van der Waals surface area (Å²) in [6.07, 6.45) is 6.11. The van der Waals surface area contributed by atoms with E-state index < -0.39 is 0 Å². The molecule has 2 fully saturated rings. The molecule has 3 nitrogen and oxygen atoms in total. The molecule has 4 heteroatoms. The van der Waals surface area contributed by atoms with E-state index in [0.717, 1.165) is 25.0 Å². The van der Waals surface area contributed by atoms with Gasteiger partial charge in [-0.25, -0.2) is 4.98 Å². The van der Waals surface area contributed by atoms with Crippen LogP contribution >= 0.6 is 11.3 Å². The zero-order chi connectivity index (χ0) is 12.7. The molecule has 0 amide bonds. The number of thiazole rings is 1. The van der Waals surface area contributed by atoms with Crippen LogP contribution < -0.4 is 5.32 Å². The highest BCUT2D eigenvalue weighted by Crippen LogP contribution is 2.42. The number of hydrogen-bond donors (Lipinski definition) is 1. The predicted molar refractivity (Wildman–Crippen MR) is 78.8 cm³/mol. The van der Waals surface area contributed by atoms with E-state index in [2.05, 4.69) is 28.5 Å². The van der Waals surface area contributed by atoms with E-state index in [1.54, 1.807) is 11.3 Å². The first kappa shape index (κ1) is 11.7. The average molecular weight is 274 g/mol. The quantitative estimate of drug-likeness (QED) is 0.904. The fourth-order valence-electron chi connectivity index (χ4n) is 3.25. The van der Waals surface area contributed by atoms with E-state index >= 15 is 0 Å². The first-order chi connectivity index (χ1) is 9.33. The van der Waals surface area contributed by atoms with Gasteiger partial charge < -0.3 is 10.1 Å². The molecule has 1 aromatic heterocycles. The van der Waals surface area contributed by atoms with Crippen LogP contribution in [0.1, 0.15) is 32.1 Å². The molecule has 1 atom stereocenters. The molecule has 1 aromatic carbocycles. The van der Waals surface area contributed by atoms with Crippen molar-refractivity contribution in [3.05, 3.63) is 23.7 Å². The minimum atomic E-state index is 0.213. The molecule has 1 aliphatic heterocycles. The van der Waals surface area contributed by atoms with Crippen molar-refractivity contribution >= 4 is 27.2 Å². The van der Waals surface area contributed by atoms with Crippen LogP contribution in [0.4, 0.5) is 5.69 Å². The maximum atomic E-state index is 5.98. The largest absolute Gasteiger partial charge is 0.382 e. The van der Waals surface area contributed by atoms with Crippen molar-refractivity contribution < 1.29 is 4.74 Å². The highest BCUT2D eigenvalue weighted by atomic mass is 32.1. The van der Waals surface area contributed by atoms with Crippen LogP contribution in [0.15, 0.2) is 23.7 Å². The summed E-state index contributed by atoms with van der Waals surface area (Å²) in [5.41, 5.74) is 4.44. The third kappa shape index (κ3) is 2.13. The fourth-order valence-corrected chi connectivity index (χ4v) is 3.97. The zero-order valence-corrected chi connectivity index (χ0v) is 11.7. The smallest absolute Gasteiger partial charge is 0.0813 e. The summed E-state index contributed by atoms with van der Waals surface area (Å²) in [6.45, 7) is 0.903. The highest BCUT2D eigenvalue weighted by Gasteiger charge is 2.42. The molecular weight excluding hydrogens is 256 g/mol. The van der Waals surface area contributed by atoms with Crippen LogP contribution in [0.5, 0.6) is 0 Å². The predicted octanol–water partition coefficient (Wildman–Crippen LogP) is 3.81. The fraction of sp³-hybridized carbons (Fsp3) is 0.533. The third-order valence-electron chi connectivity index (χ3n) is 4.46. The summed E-state index contributed by atoms with van der Waals surface area (Å²) in [5.74, 6) is 0. The molecule has 0 radical (unpaired) electrons. The second-order valence-electron chi connectivity index (χ2n) is 5.75. The molecule has 100 valence electrons. The summed E-state index contributed by atoms with van der Waals surface area (Å²) in [4.78, 5) is 4.32. The minimum Gasteiger partial charge on any atom is -0.382 e. The maximum absolute atomic E-state index is 5.98. The van der Waals surface area contributed by atoms with E-state index in [9.17, 15) is 0 Å². The summed E-state index contributed by atoms with van der Waals surface area (Å²) in [5, 5.41) is 3.69. The number of aromatic nitrogens is 1. The second kappa shape index (κ2) is 4.46. The summed E-state index contributed by atoms with van der Waals surface area (Å²) in [7, 11) is 0. The number of benzene rings is 1. The van der Waals surface area contributed by atoms with Gasteiger partial charge in [0.1, 0.15) is 0 Å². The van der Waals surface area contributed by atoms with Gasteiger partial charge in [-0.2, -0.15) is 0 Å². The molecule has 4 rings (SSSR count). The van der Waals surface area contributed by atoms with Crippen molar-refractivity contribution in [2.45, 2.75) is 43.7 Å². The van der Waals surface area contributed by atoms with E-state index in [0.29, 0.717) is 6.04 Å². The van der Waals surface area contributed by atoms with Gasteiger partial charge in [0, 0.05) is 18.3 Å². The van der Waals surface area contributed by atoms with Crippen molar-refractivity contribution in [1.29, 1.82) is 0 Å². The molecule has 1 saturated carbocycles. The van der Waals surface area contributed by atoms with Gasteiger partial charge >= 0.3 is 0 Å². The Kier molecular flexibility index (Phi) is 2.74. The lowest BCUT2D eigenvalue weighted by atomic mass is 9.74. The summed E-state index contributed by atoms with van der Waals surface area (Å²) in [6, 6.07) is 7.02. The Labute approximate surface area is 117 Å². The standard InChI is InChI=1S/C15H18N2OS/c1-5-15(6-1)9-12(4-7-18-15)17-11-2-3-13-14(8-11)19-10-16-13/h2-3,8,10,12,17H,1,4-7,9H2. The normalized spacial score (nSPS) is 25.4.